The second-order valence-electron chi connectivity index (χ2n) is 18.8. The van der Waals surface area contributed by atoms with Gasteiger partial charge in [0.2, 0.25) is 0 Å². The van der Waals surface area contributed by atoms with Gasteiger partial charge in [0.15, 0.2) is 6.10 Å². The summed E-state index contributed by atoms with van der Waals surface area (Å²) in [4.78, 5) is 37.8. The van der Waals surface area contributed by atoms with Gasteiger partial charge in [-0.25, -0.2) is 0 Å². The molecule has 0 aromatic rings. The van der Waals surface area contributed by atoms with E-state index in [1.54, 1.807) is 0 Å². The molecule has 0 rings (SSSR count). The van der Waals surface area contributed by atoms with Crippen molar-refractivity contribution >= 4 is 17.9 Å². The molecule has 67 heavy (non-hydrogen) atoms. The molecule has 0 aliphatic carbocycles. The molecule has 0 fully saturated rings. The number of hydrogen-bond acceptors (Lipinski definition) is 6. The van der Waals surface area contributed by atoms with Crippen LogP contribution in [0.1, 0.15) is 278 Å². The van der Waals surface area contributed by atoms with Crippen LogP contribution in [0.5, 0.6) is 0 Å². The number of carbonyl (C=O) groups excluding carboxylic acids is 3. The molecular formula is C61H106O6. The summed E-state index contributed by atoms with van der Waals surface area (Å²) in [5.41, 5.74) is 0. The summed E-state index contributed by atoms with van der Waals surface area (Å²) in [6.45, 7) is 6.43. The Morgan fingerprint density at radius 2 is 0.582 bits per heavy atom. The van der Waals surface area contributed by atoms with Gasteiger partial charge < -0.3 is 14.2 Å². The SMILES string of the molecule is CC/C=C\C/C=C\C/C=C\C/C=C\CCCCCCCCC(=O)OC(COC(=O)CCCCCCC)COC(=O)CCCCCCCCCCCCCCC/C=C\C/C=C\CCCCCCC. The predicted molar refractivity (Wildman–Crippen MR) is 288 cm³/mol. The van der Waals surface area contributed by atoms with E-state index >= 15 is 0 Å². The van der Waals surface area contributed by atoms with Gasteiger partial charge >= 0.3 is 17.9 Å². The highest BCUT2D eigenvalue weighted by atomic mass is 16.6. The number of ether oxygens (including phenoxy) is 3. The van der Waals surface area contributed by atoms with Crippen molar-refractivity contribution in [1.82, 2.24) is 0 Å². The Hall–Kier alpha value is -3.15. The lowest BCUT2D eigenvalue weighted by Crippen LogP contribution is -2.30. The molecule has 0 bridgehead atoms. The van der Waals surface area contributed by atoms with Crippen molar-refractivity contribution < 1.29 is 28.6 Å². The van der Waals surface area contributed by atoms with Crippen LogP contribution in [0.4, 0.5) is 0 Å². The lowest BCUT2D eigenvalue weighted by molar-refractivity contribution is -0.167. The van der Waals surface area contributed by atoms with Crippen LogP contribution in [0.15, 0.2) is 72.9 Å². The van der Waals surface area contributed by atoms with Crippen LogP contribution in [0.25, 0.3) is 0 Å². The molecule has 0 spiro atoms. The van der Waals surface area contributed by atoms with Crippen molar-refractivity contribution in [3.63, 3.8) is 0 Å². The Labute approximate surface area is 414 Å². The van der Waals surface area contributed by atoms with E-state index in [-0.39, 0.29) is 31.1 Å². The third-order valence-corrected chi connectivity index (χ3v) is 12.2. The number of allylic oxidation sites excluding steroid dienone is 12. The van der Waals surface area contributed by atoms with E-state index in [1.165, 1.54) is 128 Å². The second-order valence-corrected chi connectivity index (χ2v) is 18.8. The summed E-state index contributed by atoms with van der Waals surface area (Å²) in [7, 11) is 0. The average Bonchev–Trinajstić information content (AvgIpc) is 3.33. The number of rotatable bonds is 51. The lowest BCUT2D eigenvalue weighted by Gasteiger charge is -2.18. The molecule has 0 aromatic carbocycles. The summed E-state index contributed by atoms with van der Waals surface area (Å²) < 4.78 is 16.7. The van der Waals surface area contributed by atoms with E-state index < -0.39 is 6.10 Å². The van der Waals surface area contributed by atoms with Crippen molar-refractivity contribution in [1.29, 1.82) is 0 Å². The monoisotopic (exact) mass is 935 g/mol. The summed E-state index contributed by atoms with van der Waals surface area (Å²) in [5, 5.41) is 0. The topological polar surface area (TPSA) is 78.9 Å². The summed E-state index contributed by atoms with van der Waals surface area (Å²) >= 11 is 0. The van der Waals surface area contributed by atoms with Gasteiger partial charge in [-0.05, 0) is 89.9 Å². The van der Waals surface area contributed by atoms with Gasteiger partial charge in [-0.2, -0.15) is 0 Å². The first-order valence-corrected chi connectivity index (χ1v) is 28.4. The first kappa shape index (κ1) is 63.8. The molecule has 0 radical (unpaired) electrons. The fraction of sp³-hybridized carbons (Fsp3) is 0.754. The van der Waals surface area contributed by atoms with Gasteiger partial charge in [-0.1, -0.05) is 241 Å². The van der Waals surface area contributed by atoms with Gasteiger partial charge in [0.25, 0.3) is 0 Å². The van der Waals surface area contributed by atoms with E-state index in [1.807, 2.05) is 0 Å². The smallest absolute Gasteiger partial charge is 0.306 e. The molecule has 1 atom stereocenters. The predicted octanol–water partition coefficient (Wildman–Crippen LogP) is 19.0. The maximum atomic E-state index is 12.8. The van der Waals surface area contributed by atoms with E-state index in [0.717, 1.165) is 109 Å². The standard InChI is InChI=1S/C61H106O6/c1-4-7-10-13-15-17-19-21-23-25-27-28-29-30-31-32-34-35-37-39-41-43-45-48-51-54-60(63)66-57-58(56-65-59(62)53-50-47-12-9-6-3)67-61(64)55-52-49-46-44-42-40-38-36-33-26-24-22-20-18-16-14-11-8-5-2/h8,11,16,18-19,21-22,24-25,27,33,36,58H,4-7,9-10,12-15,17,20,23,26,28-32,34-35,37-57H2,1-3H3/b11-8-,18-16-,21-19-,24-22-,27-25-,36-33-. The van der Waals surface area contributed by atoms with Crippen molar-refractivity contribution in [3.05, 3.63) is 72.9 Å². The maximum absolute atomic E-state index is 12.8. The highest BCUT2D eigenvalue weighted by Gasteiger charge is 2.19. The number of hydrogen-bond donors (Lipinski definition) is 0. The zero-order chi connectivity index (χ0) is 48.6. The van der Waals surface area contributed by atoms with E-state index in [9.17, 15) is 14.4 Å². The van der Waals surface area contributed by atoms with Crippen LogP contribution in [-0.2, 0) is 28.6 Å². The molecule has 0 saturated heterocycles. The number of unbranched alkanes of at least 4 members (excludes halogenated alkanes) is 28. The molecule has 0 N–H and O–H groups in total. The highest BCUT2D eigenvalue weighted by molar-refractivity contribution is 5.71. The summed E-state index contributed by atoms with van der Waals surface area (Å²) in [5.74, 6) is -0.904. The maximum Gasteiger partial charge on any atom is 0.306 e. The molecule has 0 saturated carbocycles. The van der Waals surface area contributed by atoms with Crippen molar-refractivity contribution in [2.75, 3.05) is 13.2 Å². The Kier molecular flexibility index (Phi) is 52.8. The molecule has 0 heterocycles. The molecule has 6 heteroatoms. The molecule has 0 amide bonds. The molecule has 0 aliphatic heterocycles. The fourth-order valence-electron chi connectivity index (χ4n) is 7.93. The summed E-state index contributed by atoms with van der Waals surface area (Å²) in [6.07, 6.45) is 70.8. The van der Waals surface area contributed by atoms with Gasteiger partial charge in [0.1, 0.15) is 13.2 Å². The highest BCUT2D eigenvalue weighted by Crippen LogP contribution is 2.15. The van der Waals surface area contributed by atoms with Crippen LogP contribution >= 0.6 is 0 Å². The van der Waals surface area contributed by atoms with Gasteiger partial charge in [0.05, 0.1) is 0 Å². The molecule has 0 aliphatic rings. The van der Waals surface area contributed by atoms with E-state index in [2.05, 4.69) is 93.7 Å². The van der Waals surface area contributed by atoms with Gasteiger partial charge in [-0.3, -0.25) is 14.4 Å². The third kappa shape index (κ3) is 53.7. The molecule has 386 valence electrons. The largest absolute Gasteiger partial charge is 0.462 e. The minimum absolute atomic E-state index is 0.0809. The summed E-state index contributed by atoms with van der Waals surface area (Å²) in [6, 6.07) is 0. The minimum Gasteiger partial charge on any atom is -0.462 e. The zero-order valence-corrected chi connectivity index (χ0v) is 44.2. The van der Waals surface area contributed by atoms with Crippen molar-refractivity contribution in [2.24, 2.45) is 0 Å². The van der Waals surface area contributed by atoms with Crippen LogP contribution in [-0.4, -0.2) is 37.2 Å². The number of carbonyl (C=O) groups is 3. The first-order valence-electron chi connectivity index (χ1n) is 28.4. The van der Waals surface area contributed by atoms with Crippen LogP contribution in [0.2, 0.25) is 0 Å². The van der Waals surface area contributed by atoms with Gasteiger partial charge in [-0.15, -0.1) is 0 Å². The third-order valence-electron chi connectivity index (χ3n) is 12.2. The Bertz CT molecular complexity index is 1260. The molecule has 6 nitrogen and oxygen atoms in total. The first-order chi connectivity index (χ1) is 33.0. The van der Waals surface area contributed by atoms with Crippen molar-refractivity contribution in [2.45, 2.75) is 284 Å². The second kappa shape index (κ2) is 55.4. The Morgan fingerprint density at radius 3 is 0.910 bits per heavy atom. The van der Waals surface area contributed by atoms with Gasteiger partial charge in [0, 0.05) is 19.3 Å². The quantitative estimate of drug-likeness (QED) is 0.0262. The van der Waals surface area contributed by atoms with Crippen LogP contribution < -0.4 is 0 Å². The fourth-order valence-corrected chi connectivity index (χ4v) is 7.93. The molecular weight excluding hydrogens is 829 g/mol. The zero-order valence-electron chi connectivity index (χ0n) is 44.2. The van der Waals surface area contributed by atoms with E-state index in [0.29, 0.717) is 19.3 Å². The minimum atomic E-state index is -0.779. The lowest BCUT2D eigenvalue weighted by atomic mass is 10.0. The van der Waals surface area contributed by atoms with E-state index in [4.69, 9.17) is 14.2 Å². The number of esters is 3. The van der Waals surface area contributed by atoms with Crippen LogP contribution in [0, 0.1) is 0 Å². The van der Waals surface area contributed by atoms with Crippen molar-refractivity contribution in [3.8, 4) is 0 Å². The van der Waals surface area contributed by atoms with Crippen LogP contribution in [0.3, 0.4) is 0 Å². The average molecular weight is 936 g/mol. The Balaban J connectivity index is 4.10. The normalized spacial score (nSPS) is 12.6. The molecule has 0 aromatic heterocycles. The Morgan fingerprint density at radius 1 is 0.313 bits per heavy atom. The molecule has 1 unspecified atom stereocenters.